The maximum Gasteiger partial charge on any atom is 0.127 e. The lowest BCUT2D eigenvalue weighted by Gasteiger charge is -2.35. The second kappa shape index (κ2) is 9.90. The first kappa shape index (κ1) is 20.1. The van der Waals surface area contributed by atoms with Gasteiger partial charge in [0.1, 0.15) is 11.5 Å². The summed E-state index contributed by atoms with van der Waals surface area (Å²) in [5.41, 5.74) is 1.11. The molecule has 0 spiro atoms. The lowest BCUT2D eigenvalue weighted by Crippen LogP contribution is -2.45. The number of hydrogen-bond donors (Lipinski definition) is 2. The molecule has 21 heavy (non-hydrogen) atoms. The molecule has 0 saturated carbocycles. The van der Waals surface area contributed by atoms with Crippen molar-refractivity contribution >= 4 is 24.8 Å². The van der Waals surface area contributed by atoms with Crippen molar-refractivity contribution < 1.29 is 9.84 Å². The molecular formula is C15H24Cl2N2O2. The van der Waals surface area contributed by atoms with Crippen molar-refractivity contribution in [3.05, 3.63) is 36.4 Å². The highest BCUT2D eigenvalue weighted by Crippen LogP contribution is 2.34. The summed E-state index contributed by atoms with van der Waals surface area (Å²) in [4.78, 5) is 2.44. The van der Waals surface area contributed by atoms with Crippen LogP contribution in [0.4, 0.5) is 0 Å². The fraction of sp³-hybridized carbons (Fsp3) is 0.467. The Kier molecular flexibility index (Phi) is 9.46. The molecule has 120 valence electrons. The summed E-state index contributed by atoms with van der Waals surface area (Å²) in [5, 5.41) is 12.9. The van der Waals surface area contributed by atoms with Crippen LogP contribution in [-0.4, -0.2) is 43.3 Å². The third-order valence-electron chi connectivity index (χ3n) is 3.56. The van der Waals surface area contributed by atoms with E-state index in [-0.39, 0.29) is 36.6 Å². The van der Waals surface area contributed by atoms with Crippen LogP contribution in [0.3, 0.4) is 0 Å². The number of phenolic OH excluding ortho intramolecular Hbond substituents is 1. The van der Waals surface area contributed by atoms with Crippen molar-refractivity contribution in [1.29, 1.82) is 0 Å². The second-order valence-electron chi connectivity index (χ2n) is 4.75. The molecule has 1 heterocycles. The van der Waals surface area contributed by atoms with E-state index < -0.39 is 0 Å². The van der Waals surface area contributed by atoms with E-state index in [1.807, 2.05) is 12.1 Å². The maximum atomic E-state index is 9.57. The van der Waals surface area contributed by atoms with Gasteiger partial charge in [0.2, 0.25) is 0 Å². The van der Waals surface area contributed by atoms with Crippen LogP contribution >= 0.6 is 24.8 Å². The standard InChI is InChI=1S/C15H22N2O2.2ClH/c1-3-4-14(17-9-7-16-8-10-17)13-6-5-12(18)11-15(13)19-2;;/h3,5-6,11,14,16,18H,1,4,7-10H2,2H3;2*1H/t14-;;/m0../s1. The third kappa shape index (κ3) is 5.08. The molecule has 1 saturated heterocycles. The summed E-state index contributed by atoms with van der Waals surface area (Å²) in [5.74, 6) is 0.976. The van der Waals surface area contributed by atoms with Gasteiger partial charge >= 0.3 is 0 Å². The van der Waals surface area contributed by atoms with Gasteiger partial charge in [-0.1, -0.05) is 12.1 Å². The number of methoxy groups -OCH3 is 1. The molecular weight excluding hydrogens is 311 g/mol. The Labute approximate surface area is 139 Å². The summed E-state index contributed by atoms with van der Waals surface area (Å²) in [6.45, 7) is 7.91. The fourth-order valence-electron chi connectivity index (χ4n) is 2.60. The summed E-state index contributed by atoms with van der Waals surface area (Å²) in [6.07, 6.45) is 2.82. The fourth-order valence-corrected chi connectivity index (χ4v) is 2.60. The van der Waals surface area contributed by atoms with Gasteiger partial charge in [0.15, 0.2) is 0 Å². The normalized spacial score (nSPS) is 16.2. The lowest BCUT2D eigenvalue weighted by molar-refractivity contribution is 0.171. The number of benzene rings is 1. The summed E-state index contributed by atoms with van der Waals surface area (Å²) in [6, 6.07) is 5.60. The molecule has 1 aromatic rings. The number of nitrogens with one attached hydrogen (secondary N) is 1. The highest BCUT2D eigenvalue weighted by atomic mass is 35.5. The van der Waals surface area contributed by atoms with E-state index in [0.29, 0.717) is 0 Å². The molecule has 1 aliphatic heterocycles. The minimum atomic E-state index is 0. The molecule has 0 aliphatic carbocycles. The predicted molar refractivity (Wildman–Crippen MR) is 91.2 cm³/mol. The SMILES string of the molecule is C=CC[C@@H](c1ccc(O)cc1OC)N1CCNCC1.Cl.Cl. The minimum Gasteiger partial charge on any atom is -0.508 e. The first-order valence-corrected chi connectivity index (χ1v) is 6.69. The van der Waals surface area contributed by atoms with Crippen molar-refractivity contribution in [1.82, 2.24) is 10.2 Å². The van der Waals surface area contributed by atoms with Gasteiger partial charge in [0.25, 0.3) is 0 Å². The van der Waals surface area contributed by atoms with Gasteiger partial charge in [-0.25, -0.2) is 0 Å². The Hall–Kier alpha value is -0.940. The monoisotopic (exact) mass is 334 g/mol. The molecule has 6 heteroatoms. The Morgan fingerprint density at radius 1 is 1.38 bits per heavy atom. The van der Waals surface area contributed by atoms with E-state index in [0.717, 1.165) is 43.9 Å². The third-order valence-corrected chi connectivity index (χ3v) is 3.56. The highest BCUT2D eigenvalue weighted by Gasteiger charge is 2.23. The number of aromatic hydroxyl groups is 1. The molecule has 0 amide bonds. The summed E-state index contributed by atoms with van der Waals surface area (Å²) < 4.78 is 5.41. The highest BCUT2D eigenvalue weighted by molar-refractivity contribution is 5.85. The molecule has 0 aromatic heterocycles. The molecule has 0 radical (unpaired) electrons. The molecule has 1 fully saturated rings. The van der Waals surface area contributed by atoms with Crippen molar-refractivity contribution in [2.75, 3.05) is 33.3 Å². The van der Waals surface area contributed by atoms with Crippen LogP contribution in [0.1, 0.15) is 18.0 Å². The number of hydrogen-bond acceptors (Lipinski definition) is 4. The van der Waals surface area contributed by atoms with E-state index in [1.54, 1.807) is 19.2 Å². The zero-order valence-corrected chi connectivity index (χ0v) is 13.9. The molecule has 2 N–H and O–H groups in total. The Morgan fingerprint density at radius 3 is 2.62 bits per heavy atom. The number of rotatable bonds is 5. The molecule has 0 unspecified atom stereocenters. The Morgan fingerprint density at radius 2 is 2.05 bits per heavy atom. The Balaban J connectivity index is 0.00000200. The zero-order chi connectivity index (χ0) is 13.7. The van der Waals surface area contributed by atoms with Crippen LogP contribution in [0.5, 0.6) is 11.5 Å². The number of nitrogens with zero attached hydrogens (tertiary/aromatic N) is 1. The minimum absolute atomic E-state index is 0. The predicted octanol–water partition coefficient (Wildman–Crippen LogP) is 2.77. The maximum absolute atomic E-state index is 9.57. The van der Waals surface area contributed by atoms with E-state index >= 15 is 0 Å². The van der Waals surface area contributed by atoms with Crippen molar-refractivity contribution in [2.24, 2.45) is 0 Å². The molecule has 0 bridgehead atoms. The lowest BCUT2D eigenvalue weighted by atomic mass is 10.00. The first-order chi connectivity index (χ1) is 9.26. The van der Waals surface area contributed by atoms with Crippen LogP contribution in [0, 0.1) is 0 Å². The van der Waals surface area contributed by atoms with Crippen molar-refractivity contribution in [2.45, 2.75) is 12.5 Å². The smallest absolute Gasteiger partial charge is 0.127 e. The average molecular weight is 335 g/mol. The topological polar surface area (TPSA) is 44.7 Å². The molecule has 1 aliphatic rings. The molecule has 1 aromatic carbocycles. The van der Waals surface area contributed by atoms with Crippen LogP contribution in [0.15, 0.2) is 30.9 Å². The number of halogens is 2. The van der Waals surface area contributed by atoms with Gasteiger partial charge < -0.3 is 15.2 Å². The quantitative estimate of drug-likeness (QED) is 0.813. The van der Waals surface area contributed by atoms with Gasteiger partial charge in [-0.2, -0.15) is 0 Å². The Bertz CT molecular complexity index is 438. The van der Waals surface area contributed by atoms with Gasteiger partial charge in [0.05, 0.1) is 7.11 Å². The molecule has 1 atom stereocenters. The van der Waals surface area contributed by atoms with Gasteiger partial charge in [-0.15, -0.1) is 31.4 Å². The van der Waals surface area contributed by atoms with Gasteiger partial charge in [-0.05, 0) is 12.5 Å². The molecule has 2 rings (SSSR count). The second-order valence-corrected chi connectivity index (χ2v) is 4.75. The first-order valence-electron chi connectivity index (χ1n) is 6.69. The van der Waals surface area contributed by atoms with Gasteiger partial charge in [-0.3, -0.25) is 4.90 Å². The van der Waals surface area contributed by atoms with E-state index in [2.05, 4.69) is 16.8 Å². The largest absolute Gasteiger partial charge is 0.508 e. The van der Waals surface area contributed by atoms with Crippen LogP contribution < -0.4 is 10.1 Å². The average Bonchev–Trinajstić information content (AvgIpc) is 2.46. The van der Waals surface area contributed by atoms with Crippen molar-refractivity contribution in [3.63, 3.8) is 0 Å². The van der Waals surface area contributed by atoms with E-state index in [4.69, 9.17) is 4.74 Å². The van der Waals surface area contributed by atoms with Crippen LogP contribution in [0.2, 0.25) is 0 Å². The number of ether oxygens (including phenoxy) is 1. The number of phenols is 1. The zero-order valence-electron chi connectivity index (χ0n) is 12.2. The van der Waals surface area contributed by atoms with E-state index in [9.17, 15) is 5.11 Å². The summed E-state index contributed by atoms with van der Waals surface area (Å²) >= 11 is 0. The summed E-state index contributed by atoms with van der Waals surface area (Å²) in [7, 11) is 1.64. The van der Waals surface area contributed by atoms with Crippen LogP contribution in [0.25, 0.3) is 0 Å². The van der Waals surface area contributed by atoms with Crippen molar-refractivity contribution in [3.8, 4) is 11.5 Å². The number of piperazine rings is 1. The van der Waals surface area contributed by atoms with E-state index in [1.165, 1.54) is 0 Å². The molecule has 4 nitrogen and oxygen atoms in total. The van der Waals surface area contributed by atoms with Crippen LogP contribution in [-0.2, 0) is 0 Å². The van der Waals surface area contributed by atoms with Gasteiger partial charge in [0, 0.05) is 43.9 Å².